The van der Waals surface area contributed by atoms with E-state index in [1.165, 1.54) is 0 Å². The van der Waals surface area contributed by atoms with E-state index in [4.69, 9.17) is 14.2 Å². The van der Waals surface area contributed by atoms with Gasteiger partial charge in [-0.1, -0.05) is 30.3 Å². The van der Waals surface area contributed by atoms with Crippen LogP contribution < -0.4 is 14.8 Å². The summed E-state index contributed by atoms with van der Waals surface area (Å²) in [6, 6.07) is 15.7. The zero-order valence-electron chi connectivity index (χ0n) is 16.3. The minimum atomic E-state index is -0.649. The van der Waals surface area contributed by atoms with Crippen LogP contribution in [0.25, 0.3) is 0 Å². The summed E-state index contributed by atoms with van der Waals surface area (Å²) in [6.07, 6.45) is 1.29. The fraction of sp³-hybridized carbons (Fsp3) is 0.409. The van der Waals surface area contributed by atoms with Crippen molar-refractivity contribution in [1.82, 2.24) is 10.2 Å². The van der Waals surface area contributed by atoms with Crippen LogP contribution in [0, 0.1) is 0 Å². The summed E-state index contributed by atoms with van der Waals surface area (Å²) in [5.74, 6) is 0.979. The van der Waals surface area contributed by atoms with Gasteiger partial charge in [-0.25, -0.2) is 4.79 Å². The van der Waals surface area contributed by atoms with Gasteiger partial charge >= 0.3 is 6.03 Å². The molecule has 1 saturated heterocycles. The van der Waals surface area contributed by atoms with Crippen LogP contribution in [0.1, 0.15) is 36.9 Å². The number of amides is 2. The highest BCUT2D eigenvalue weighted by Crippen LogP contribution is 2.38. The van der Waals surface area contributed by atoms with E-state index in [2.05, 4.69) is 5.32 Å². The summed E-state index contributed by atoms with van der Waals surface area (Å²) in [5, 5.41) is 3.08. The number of rotatable bonds is 3. The lowest BCUT2D eigenvalue weighted by molar-refractivity contribution is -0.225. The summed E-state index contributed by atoms with van der Waals surface area (Å²) in [6.45, 7) is 3.68. The van der Waals surface area contributed by atoms with Crippen molar-refractivity contribution in [3.8, 4) is 11.5 Å². The second-order valence-corrected chi connectivity index (χ2v) is 7.34. The first kappa shape index (κ1) is 18.6. The van der Waals surface area contributed by atoms with Gasteiger partial charge in [-0.15, -0.1) is 0 Å². The Morgan fingerprint density at radius 3 is 2.64 bits per heavy atom. The van der Waals surface area contributed by atoms with Gasteiger partial charge in [0, 0.05) is 31.5 Å². The Hall–Kier alpha value is -2.73. The van der Waals surface area contributed by atoms with Crippen LogP contribution in [0.15, 0.2) is 48.5 Å². The molecular formula is C22H26N2O4. The number of fused-ring (bicyclic) bond motifs is 1. The van der Waals surface area contributed by atoms with Gasteiger partial charge in [0.15, 0.2) is 0 Å². The third-order valence-electron chi connectivity index (χ3n) is 5.51. The average molecular weight is 382 g/mol. The topological polar surface area (TPSA) is 60.0 Å². The van der Waals surface area contributed by atoms with E-state index < -0.39 is 5.79 Å². The number of nitrogens with zero attached hydrogens (tertiary/aromatic N) is 1. The molecule has 2 aromatic rings. The molecule has 6 heteroatoms. The Kier molecular flexibility index (Phi) is 5.13. The molecule has 1 atom stereocenters. The predicted octanol–water partition coefficient (Wildman–Crippen LogP) is 3.87. The SMILES string of the molecule is COc1ccc2c(c1)COC1(CCN(C(=O)N[C@@H](C)c3ccccc3)CC1)O2. The van der Waals surface area contributed by atoms with Crippen molar-refractivity contribution in [1.29, 1.82) is 0 Å². The third kappa shape index (κ3) is 3.78. The zero-order valence-corrected chi connectivity index (χ0v) is 16.3. The molecule has 2 amide bonds. The van der Waals surface area contributed by atoms with Crippen molar-refractivity contribution in [2.24, 2.45) is 0 Å². The number of likely N-dealkylation sites (tertiary alicyclic amines) is 1. The Morgan fingerprint density at radius 1 is 1.18 bits per heavy atom. The van der Waals surface area contributed by atoms with E-state index in [1.54, 1.807) is 7.11 Å². The second kappa shape index (κ2) is 7.72. The van der Waals surface area contributed by atoms with Crippen LogP contribution >= 0.6 is 0 Å². The first-order chi connectivity index (χ1) is 13.6. The molecule has 0 unspecified atom stereocenters. The minimum absolute atomic E-state index is 0.0337. The molecule has 148 valence electrons. The van der Waals surface area contributed by atoms with Gasteiger partial charge in [-0.3, -0.25) is 0 Å². The monoisotopic (exact) mass is 382 g/mol. The van der Waals surface area contributed by atoms with Crippen molar-refractivity contribution >= 4 is 6.03 Å². The van der Waals surface area contributed by atoms with Crippen LogP contribution in [0.5, 0.6) is 11.5 Å². The molecule has 4 rings (SSSR count). The van der Waals surface area contributed by atoms with E-state index in [0.29, 0.717) is 32.5 Å². The highest BCUT2D eigenvalue weighted by atomic mass is 16.7. The molecule has 0 saturated carbocycles. The lowest BCUT2D eigenvalue weighted by atomic mass is 10.0. The number of carbonyl (C=O) groups is 1. The number of piperidine rings is 1. The maximum Gasteiger partial charge on any atom is 0.317 e. The molecule has 0 aliphatic carbocycles. The zero-order chi connectivity index (χ0) is 19.6. The number of nitrogens with one attached hydrogen (secondary N) is 1. The number of hydrogen-bond donors (Lipinski definition) is 1. The standard InChI is InChI=1S/C22H26N2O4/c1-16(17-6-4-3-5-7-17)23-21(25)24-12-10-22(11-13-24)27-15-18-14-19(26-2)8-9-20(18)28-22/h3-9,14,16H,10-13,15H2,1-2H3,(H,23,25)/t16-/m0/s1. The molecule has 2 aromatic carbocycles. The minimum Gasteiger partial charge on any atom is -0.497 e. The summed E-state index contributed by atoms with van der Waals surface area (Å²) < 4.78 is 17.5. The highest BCUT2D eigenvalue weighted by Gasteiger charge is 2.42. The fourth-order valence-electron chi connectivity index (χ4n) is 3.73. The molecule has 0 bridgehead atoms. The van der Waals surface area contributed by atoms with Crippen LogP contribution in [0.2, 0.25) is 0 Å². The van der Waals surface area contributed by atoms with Gasteiger partial charge in [0.05, 0.1) is 19.8 Å². The van der Waals surface area contributed by atoms with Crippen molar-refractivity contribution in [3.05, 3.63) is 59.7 Å². The summed E-state index contributed by atoms with van der Waals surface area (Å²) >= 11 is 0. The smallest absolute Gasteiger partial charge is 0.317 e. The van der Waals surface area contributed by atoms with Crippen LogP contribution in [0.4, 0.5) is 4.79 Å². The van der Waals surface area contributed by atoms with E-state index in [9.17, 15) is 4.79 Å². The van der Waals surface area contributed by atoms with E-state index >= 15 is 0 Å². The fourth-order valence-corrected chi connectivity index (χ4v) is 3.73. The quantitative estimate of drug-likeness (QED) is 0.876. The maximum absolute atomic E-state index is 12.6. The Balaban J connectivity index is 1.34. The van der Waals surface area contributed by atoms with Gasteiger partial charge in [0.25, 0.3) is 0 Å². The molecule has 28 heavy (non-hydrogen) atoms. The first-order valence-electron chi connectivity index (χ1n) is 9.69. The summed E-state index contributed by atoms with van der Waals surface area (Å²) in [5.41, 5.74) is 2.08. The molecule has 2 aliphatic rings. The highest BCUT2D eigenvalue weighted by molar-refractivity contribution is 5.74. The summed E-state index contributed by atoms with van der Waals surface area (Å²) in [4.78, 5) is 14.5. The van der Waals surface area contributed by atoms with E-state index in [1.807, 2.05) is 60.4 Å². The number of ether oxygens (including phenoxy) is 3. The van der Waals surface area contributed by atoms with Crippen molar-refractivity contribution in [2.45, 2.75) is 38.2 Å². The Labute approximate surface area is 165 Å². The van der Waals surface area contributed by atoms with Crippen LogP contribution in [-0.2, 0) is 11.3 Å². The number of methoxy groups -OCH3 is 1. The van der Waals surface area contributed by atoms with Crippen molar-refractivity contribution in [3.63, 3.8) is 0 Å². The lowest BCUT2D eigenvalue weighted by Crippen LogP contribution is -2.54. The third-order valence-corrected chi connectivity index (χ3v) is 5.51. The van der Waals surface area contributed by atoms with Gasteiger partial charge in [-0.05, 0) is 30.7 Å². The number of carbonyl (C=O) groups excluding carboxylic acids is 1. The Bertz CT molecular complexity index is 832. The number of hydrogen-bond acceptors (Lipinski definition) is 4. The van der Waals surface area contributed by atoms with Crippen molar-refractivity contribution in [2.75, 3.05) is 20.2 Å². The van der Waals surface area contributed by atoms with Gasteiger partial charge in [0.1, 0.15) is 11.5 Å². The molecule has 1 fully saturated rings. The largest absolute Gasteiger partial charge is 0.497 e. The molecule has 6 nitrogen and oxygen atoms in total. The normalized spacial score (nSPS) is 18.7. The van der Waals surface area contributed by atoms with Gasteiger partial charge < -0.3 is 24.4 Å². The summed E-state index contributed by atoms with van der Waals surface area (Å²) in [7, 11) is 1.65. The number of urea groups is 1. The van der Waals surface area contributed by atoms with Gasteiger partial charge in [0.2, 0.25) is 5.79 Å². The predicted molar refractivity (Wildman–Crippen MR) is 105 cm³/mol. The van der Waals surface area contributed by atoms with Crippen LogP contribution in [0.3, 0.4) is 0 Å². The average Bonchev–Trinajstić information content (AvgIpc) is 2.74. The van der Waals surface area contributed by atoms with Crippen molar-refractivity contribution < 1.29 is 19.0 Å². The first-order valence-corrected chi connectivity index (χ1v) is 9.69. The molecule has 0 aromatic heterocycles. The molecular weight excluding hydrogens is 356 g/mol. The molecule has 2 aliphatic heterocycles. The molecule has 1 spiro atoms. The van der Waals surface area contributed by atoms with Crippen LogP contribution in [-0.4, -0.2) is 36.9 Å². The maximum atomic E-state index is 12.6. The molecule has 0 radical (unpaired) electrons. The number of benzene rings is 2. The lowest BCUT2D eigenvalue weighted by Gasteiger charge is -2.44. The van der Waals surface area contributed by atoms with E-state index in [-0.39, 0.29) is 12.1 Å². The Morgan fingerprint density at radius 2 is 1.93 bits per heavy atom. The van der Waals surface area contributed by atoms with E-state index in [0.717, 1.165) is 22.6 Å². The van der Waals surface area contributed by atoms with Gasteiger partial charge in [-0.2, -0.15) is 0 Å². The molecule has 2 heterocycles. The molecule has 1 N–H and O–H groups in total. The second-order valence-electron chi connectivity index (χ2n) is 7.34.